The number of carbonyl (C=O) groups is 1. The molecule has 18 heavy (non-hydrogen) atoms. The number of H-pyrrole nitrogens is 1. The van der Waals surface area contributed by atoms with Gasteiger partial charge in [0, 0.05) is 13.0 Å². The van der Waals surface area contributed by atoms with E-state index in [9.17, 15) is 9.18 Å². The molecule has 1 aliphatic heterocycles. The van der Waals surface area contributed by atoms with Crippen molar-refractivity contribution in [1.82, 2.24) is 14.9 Å². The minimum atomic E-state index is -0.295. The first kappa shape index (κ1) is 11.4. The second-order valence-corrected chi connectivity index (χ2v) is 4.82. The van der Waals surface area contributed by atoms with Crippen LogP contribution >= 0.6 is 12.2 Å². The van der Waals surface area contributed by atoms with Crippen molar-refractivity contribution < 1.29 is 9.18 Å². The first-order chi connectivity index (χ1) is 8.66. The Bertz CT molecular complexity index is 666. The number of hydrogen-bond donors (Lipinski definition) is 2. The summed E-state index contributed by atoms with van der Waals surface area (Å²) in [4.78, 5) is 14.2. The van der Waals surface area contributed by atoms with E-state index in [0.717, 1.165) is 0 Å². The van der Waals surface area contributed by atoms with E-state index in [1.54, 1.807) is 16.7 Å². The summed E-state index contributed by atoms with van der Waals surface area (Å²) in [6.45, 7) is 0.494. The lowest BCUT2D eigenvalue weighted by molar-refractivity contribution is -0.122. The van der Waals surface area contributed by atoms with Gasteiger partial charge in [0.05, 0.1) is 11.6 Å². The molecule has 1 atom stereocenters. The first-order valence-electron chi connectivity index (χ1n) is 5.82. The molecule has 1 amide bonds. The third kappa shape index (κ3) is 1.73. The summed E-state index contributed by atoms with van der Waals surface area (Å²) in [6.07, 6.45) is 1.13. The highest BCUT2D eigenvalue weighted by Gasteiger charge is 2.22. The van der Waals surface area contributed by atoms with E-state index in [1.807, 2.05) is 0 Å². The molecular formula is C12H12FN3OS. The van der Waals surface area contributed by atoms with Gasteiger partial charge in [-0.2, -0.15) is 0 Å². The number of rotatable bonds is 1. The lowest BCUT2D eigenvalue weighted by Crippen LogP contribution is -2.36. The van der Waals surface area contributed by atoms with Crippen molar-refractivity contribution in [2.45, 2.75) is 18.9 Å². The Kier molecular flexibility index (Phi) is 2.66. The summed E-state index contributed by atoms with van der Waals surface area (Å²) in [5.41, 5.74) is 1.18. The highest BCUT2D eigenvalue weighted by Crippen LogP contribution is 2.25. The number of benzene rings is 1. The monoisotopic (exact) mass is 265 g/mol. The molecule has 6 heteroatoms. The van der Waals surface area contributed by atoms with Gasteiger partial charge in [-0.1, -0.05) is 6.07 Å². The van der Waals surface area contributed by atoms with Crippen LogP contribution in [0.25, 0.3) is 11.0 Å². The number of halogens is 1. The number of para-hydroxylation sites is 1. The minimum absolute atomic E-state index is 0.0147. The Morgan fingerprint density at radius 3 is 3.00 bits per heavy atom. The highest BCUT2D eigenvalue weighted by molar-refractivity contribution is 7.71. The van der Waals surface area contributed by atoms with Crippen LogP contribution in [0, 0.1) is 10.6 Å². The van der Waals surface area contributed by atoms with Crippen molar-refractivity contribution in [3.05, 3.63) is 28.8 Å². The van der Waals surface area contributed by atoms with Crippen LogP contribution in [0.3, 0.4) is 0 Å². The van der Waals surface area contributed by atoms with Gasteiger partial charge < -0.3 is 14.9 Å². The predicted octanol–water partition coefficient (Wildman–Crippen LogP) is 2.29. The van der Waals surface area contributed by atoms with E-state index in [4.69, 9.17) is 12.2 Å². The number of fused-ring (bicyclic) bond motifs is 1. The summed E-state index contributed by atoms with van der Waals surface area (Å²) in [5, 5.41) is 2.79. The molecule has 0 spiro atoms. The zero-order chi connectivity index (χ0) is 12.7. The van der Waals surface area contributed by atoms with Crippen molar-refractivity contribution in [1.29, 1.82) is 0 Å². The second kappa shape index (κ2) is 4.20. The summed E-state index contributed by atoms with van der Waals surface area (Å²) >= 11 is 5.25. The van der Waals surface area contributed by atoms with Gasteiger partial charge in [-0.05, 0) is 30.8 Å². The van der Waals surface area contributed by atoms with E-state index in [0.29, 0.717) is 35.2 Å². The maximum Gasteiger partial charge on any atom is 0.220 e. The van der Waals surface area contributed by atoms with Crippen LogP contribution in [-0.4, -0.2) is 22.0 Å². The molecule has 2 heterocycles. The van der Waals surface area contributed by atoms with Crippen molar-refractivity contribution >= 4 is 29.2 Å². The van der Waals surface area contributed by atoms with Gasteiger partial charge in [0.1, 0.15) is 11.3 Å². The van der Waals surface area contributed by atoms with Gasteiger partial charge in [0.15, 0.2) is 4.77 Å². The number of nitrogens with zero attached hydrogens (tertiary/aromatic N) is 1. The normalized spacial score (nSPS) is 20.1. The zero-order valence-corrected chi connectivity index (χ0v) is 10.4. The summed E-state index contributed by atoms with van der Waals surface area (Å²) < 4.78 is 16.2. The van der Waals surface area contributed by atoms with E-state index in [1.165, 1.54) is 6.07 Å². The average molecular weight is 265 g/mol. The fourth-order valence-corrected chi connectivity index (χ4v) is 2.78. The zero-order valence-electron chi connectivity index (χ0n) is 9.57. The number of imidazole rings is 1. The molecule has 0 radical (unpaired) electrons. The van der Waals surface area contributed by atoms with Gasteiger partial charge in [-0.15, -0.1) is 0 Å². The van der Waals surface area contributed by atoms with Gasteiger partial charge in [-0.3, -0.25) is 4.79 Å². The molecule has 0 bridgehead atoms. The number of aromatic amines is 1. The van der Waals surface area contributed by atoms with Crippen LogP contribution in [0.5, 0.6) is 0 Å². The van der Waals surface area contributed by atoms with Crippen LogP contribution in [0.4, 0.5) is 4.39 Å². The maximum absolute atomic E-state index is 13.9. The number of aromatic nitrogens is 2. The molecule has 1 aromatic carbocycles. The van der Waals surface area contributed by atoms with Crippen molar-refractivity contribution in [2.75, 3.05) is 6.54 Å². The van der Waals surface area contributed by atoms with Crippen molar-refractivity contribution in [3.63, 3.8) is 0 Å². The van der Waals surface area contributed by atoms with Crippen molar-refractivity contribution in [3.8, 4) is 0 Å². The minimum Gasteiger partial charge on any atom is -0.354 e. The number of nitrogens with one attached hydrogen (secondary N) is 2. The molecular weight excluding hydrogens is 253 g/mol. The maximum atomic E-state index is 13.9. The third-order valence-electron chi connectivity index (χ3n) is 3.29. The van der Waals surface area contributed by atoms with Gasteiger partial charge >= 0.3 is 0 Å². The predicted molar refractivity (Wildman–Crippen MR) is 68.4 cm³/mol. The molecule has 1 aromatic heterocycles. The van der Waals surface area contributed by atoms with Gasteiger partial charge in [-0.25, -0.2) is 4.39 Å². The van der Waals surface area contributed by atoms with Crippen molar-refractivity contribution in [2.24, 2.45) is 0 Å². The molecule has 1 fully saturated rings. The van der Waals surface area contributed by atoms with Crippen LogP contribution in [0.2, 0.25) is 0 Å². The molecule has 0 aliphatic carbocycles. The number of amides is 1. The Hall–Kier alpha value is -1.69. The molecule has 3 rings (SSSR count). The molecule has 0 saturated carbocycles. The SMILES string of the molecule is O=C1CCC(n2c(=S)[nH]c3cccc(F)c32)CN1. The first-order valence-corrected chi connectivity index (χ1v) is 6.23. The summed E-state index contributed by atoms with van der Waals surface area (Å²) in [7, 11) is 0. The molecule has 1 unspecified atom stereocenters. The van der Waals surface area contributed by atoms with Crippen LogP contribution < -0.4 is 5.32 Å². The topological polar surface area (TPSA) is 49.8 Å². The van der Waals surface area contributed by atoms with Crippen LogP contribution in [0.1, 0.15) is 18.9 Å². The number of piperidine rings is 1. The fourth-order valence-electron chi connectivity index (χ4n) is 2.43. The molecule has 2 aromatic rings. The number of hydrogen-bond acceptors (Lipinski definition) is 2. The molecule has 1 aliphatic rings. The molecule has 94 valence electrons. The smallest absolute Gasteiger partial charge is 0.220 e. The summed E-state index contributed by atoms with van der Waals surface area (Å²) in [6, 6.07) is 4.88. The quantitative estimate of drug-likeness (QED) is 0.777. The lowest BCUT2D eigenvalue weighted by Gasteiger charge is -2.24. The van der Waals surface area contributed by atoms with Gasteiger partial charge in [0.25, 0.3) is 0 Å². The second-order valence-electron chi connectivity index (χ2n) is 4.43. The highest BCUT2D eigenvalue weighted by atomic mass is 32.1. The fraction of sp³-hybridized carbons (Fsp3) is 0.333. The van der Waals surface area contributed by atoms with E-state index in [2.05, 4.69) is 10.3 Å². The summed E-state index contributed by atoms with van der Waals surface area (Å²) in [5.74, 6) is -0.255. The Balaban J connectivity index is 2.14. The Morgan fingerprint density at radius 1 is 1.44 bits per heavy atom. The van der Waals surface area contributed by atoms with Gasteiger partial charge in [0.2, 0.25) is 5.91 Å². The van der Waals surface area contributed by atoms with E-state index < -0.39 is 0 Å². The largest absolute Gasteiger partial charge is 0.354 e. The van der Waals surface area contributed by atoms with Crippen LogP contribution in [0.15, 0.2) is 18.2 Å². The van der Waals surface area contributed by atoms with E-state index in [-0.39, 0.29) is 17.8 Å². The molecule has 4 nitrogen and oxygen atoms in total. The lowest BCUT2D eigenvalue weighted by atomic mass is 10.1. The Labute approximate surface area is 108 Å². The molecule has 2 N–H and O–H groups in total. The Morgan fingerprint density at radius 2 is 2.28 bits per heavy atom. The third-order valence-corrected chi connectivity index (χ3v) is 3.59. The molecule has 1 saturated heterocycles. The standard InChI is InChI=1S/C12H12FN3OS/c13-8-2-1-3-9-11(8)16(12(18)15-9)7-4-5-10(17)14-6-7/h1-3,7H,4-6H2,(H,14,17)(H,15,18). The van der Waals surface area contributed by atoms with Crippen LogP contribution in [-0.2, 0) is 4.79 Å². The average Bonchev–Trinajstić information content (AvgIpc) is 2.68. The number of carbonyl (C=O) groups excluding carboxylic acids is 1. The van der Waals surface area contributed by atoms with E-state index >= 15 is 0 Å².